The van der Waals surface area contributed by atoms with Crippen LogP contribution < -0.4 is 10.9 Å². The second-order valence-corrected chi connectivity index (χ2v) is 6.43. The zero-order valence-electron chi connectivity index (χ0n) is 15.1. The van der Waals surface area contributed by atoms with Crippen molar-refractivity contribution < 1.29 is 14.3 Å². The minimum Gasteiger partial charge on any atom is -0.466 e. The number of carbonyl (C=O) groups is 2. The number of carbonyl (C=O) groups excluding carboxylic acids is 2. The van der Waals surface area contributed by atoms with Crippen LogP contribution >= 0.6 is 11.6 Å². The number of aromatic nitrogens is 2. The van der Waals surface area contributed by atoms with E-state index in [1.165, 1.54) is 0 Å². The van der Waals surface area contributed by atoms with Gasteiger partial charge in [0.15, 0.2) is 0 Å². The molecule has 0 saturated carbocycles. The lowest BCUT2D eigenvalue weighted by Gasteiger charge is -2.11. The van der Waals surface area contributed by atoms with Gasteiger partial charge in [-0.2, -0.15) is 5.10 Å². The van der Waals surface area contributed by atoms with Gasteiger partial charge in [-0.05, 0) is 31.2 Å². The molecule has 0 spiro atoms. The highest BCUT2D eigenvalue weighted by Crippen LogP contribution is 2.16. The summed E-state index contributed by atoms with van der Waals surface area (Å²) in [5.41, 5.74) is 0.478. The number of hydrogen-bond acceptors (Lipinski definition) is 5. The quantitative estimate of drug-likeness (QED) is 0.644. The molecule has 1 aromatic heterocycles. The van der Waals surface area contributed by atoms with E-state index >= 15 is 0 Å². The summed E-state index contributed by atoms with van der Waals surface area (Å²) in [5.74, 6) is -0.886. The van der Waals surface area contributed by atoms with Crippen LogP contribution in [0.4, 0.5) is 5.69 Å². The van der Waals surface area contributed by atoms with Gasteiger partial charge in [0, 0.05) is 16.1 Å². The van der Waals surface area contributed by atoms with E-state index in [0.29, 0.717) is 27.2 Å². The number of halogens is 1. The Morgan fingerprint density at radius 2 is 1.89 bits per heavy atom. The number of benzene rings is 2. The number of amides is 1. The molecule has 28 heavy (non-hydrogen) atoms. The molecule has 3 rings (SSSR count). The fraction of sp³-hybridized carbons (Fsp3) is 0.200. The van der Waals surface area contributed by atoms with Gasteiger partial charge in [0.2, 0.25) is 5.91 Å². The molecule has 0 atom stereocenters. The van der Waals surface area contributed by atoms with Gasteiger partial charge in [0.25, 0.3) is 5.56 Å². The molecular formula is C20H18ClN3O4. The number of rotatable bonds is 6. The molecule has 0 bridgehead atoms. The number of nitrogens with one attached hydrogen (secondary N) is 1. The molecular weight excluding hydrogens is 382 g/mol. The van der Waals surface area contributed by atoms with Crippen LogP contribution in [0.3, 0.4) is 0 Å². The molecule has 3 aromatic rings. The fourth-order valence-corrected chi connectivity index (χ4v) is 2.98. The van der Waals surface area contributed by atoms with E-state index in [1.54, 1.807) is 55.5 Å². The topological polar surface area (TPSA) is 90.3 Å². The van der Waals surface area contributed by atoms with Crippen LogP contribution in [0.15, 0.2) is 53.3 Å². The van der Waals surface area contributed by atoms with E-state index < -0.39 is 17.4 Å². The summed E-state index contributed by atoms with van der Waals surface area (Å²) in [7, 11) is 0. The molecule has 1 amide bonds. The van der Waals surface area contributed by atoms with Gasteiger partial charge in [-0.3, -0.25) is 14.4 Å². The Morgan fingerprint density at radius 3 is 2.61 bits per heavy atom. The van der Waals surface area contributed by atoms with Crippen molar-refractivity contribution in [3.8, 4) is 0 Å². The maximum atomic E-state index is 12.7. The van der Waals surface area contributed by atoms with Crippen molar-refractivity contribution in [2.24, 2.45) is 0 Å². The number of esters is 1. The van der Waals surface area contributed by atoms with Crippen LogP contribution in [0.25, 0.3) is 10.8 Å². The van der Waals surface area contributed by atoms with Gasteiger partial charge < -0.3 is 10.1 Å². The van der Waals surface area contributed by atoms with Gasteiger partial charge in [-0.25, -0.2) is 4.68 Å². The Labute approximate surface area is 165 Å². The Bertz CT molecular complexity index is 1090. The van der Waals surface area contributed by atoms with Crippen molar-refractivity contribution in [1.82, 2.24) is 9.78 Å². The second kappa shape index (κ2) is 8.67. The summed E-state index contributed by atoms with van der Waals surface area (Å²) < 4.78 is 6.03. The van der Waals surface area contributed by atoms with Crippen molar-refractivity contribution in [3.05, 3.63) is 69.6 Å². The number of nitrogens with zero attached hydrogens (tertiary/aromatic N) is 2. The van der Waals surface area contributed by atoms with E-state index in [0.717, 1.165) is 4.68 Å². The van der Waals surface area contributed by atoms with Crippen LogP contribution in [0.2, 0.25) is 5.02 Å². The first-order valence-corrected chi connectivity index (χ1v) is 9.05. The minimum atomic E-state index is -0.450. The molecule has 144 valence electrons. The molecule has 0 aliphatic heterocycles. The van der Waals surface area contributed by atoms with Crippen LogP contribution in [0.5, 0.6) is 0 Å². The highest BCUT2D eigenvalue weighted by Gasteiger charge is 2.16. The molecule has 2 aromatic carbocycles. The molecule has 0 saturated heterocycles. The third kappa shape index (κ3) is 4.55. The zero-order chi connectivity index (χ0) is 20.1. The van der Waals surface area contributed by atoms with Crippen LogP contribution in [0, 0.1) is 0 Å². The minimum absolute atomic E-state index is 0.0927. The smallest absolute Gasteiger partial charge is 0.311 e. The van der Waals surface area contributed by atoms with Gasteiger partial charge >= 0.3 is 5.97 Å². The summed E-state index contributed by atoms with van der Waals surface area (Å²) in [6.45, 7) is 1.66. The molecule has 0 aliphatic rings. The Balaban J connectivity index is 1.91. The normalized spacial score (nSPS) is 10.6. The maximum Gasteiger partial charge on any atom is 0.311 e. The monoisotopic (exact) mass is 399 g/mol. The van der Waals surface area contributed by atoms with E-state index in [4.69, 9.17) is 16.3 Å². The van der Waals surface area contributed by atoms with Crippen molar-refractivity contribution in [1.29, 1.82) is 0 Å². The molecule has 0 fully saturated rings. The highest BCUT2D eigenvalue weighted by atomic mass is 35.5. The first-order valence-electron chi connectivity index (χ1n) is 8.67. The molecule has 0 radical (unpaired) electrons. The van der Waals surface area contributed by atoms with Gasteiger partial charge in [0.1, 0.15) is 6.54 Å². The zero-order valence-corrected chi connectivity index (χ0v) is 15.9. The van der Waals surface area contributed by atoms with Crippen molar-refractivity contribution >= 4 is 39.9 Å². The third-order valence-corrected chi connectivity index (χ3v) is 4.20. The summed E-state index contributed by atoms with van der Waals surface area (Å²) in [6, 6.07) is 13.5. The van der Waals surface area contributed by atoms with E-state index in [2.05, 4.69) is 10.4 Å². The SMILES string of the molecule is CCOC(=O)Cc1nn(CC(=O)Nc2cccc(Cl)c2)c(=O)c2ccccc12. The molecule has 1 N–H and O–H groups in total. The standard InChI is InChI=1S/C20H18ClN3O4/c1-2-28-19(26)11-17-15-8-3-4-9-16(15)20(27)24(23-17)12-18(25)22-14-7-5-6-13(21)10-14/h3-10H,2,11-12H2,1H3,(H,22,25). The number of fused-ring (bicyclic) bond motifs is 1. The Kier molecular flexibility index (Phi) is 6.06. The van der Waals surface area contributed by atoms with E-state index in [-0.39, 0.29) is 19.6 Å². The van der Waals surface area contributed by atoms with Crippen molar-refractivity contribution in [2.75, 3.05) is 11.9 Å². The lowest BCUT2D eigenvalue weighted by atomic mass is 10.1. The summed E-state index contributed by atoms with van der Waals surface area (Å²) in [5, 5.41) is 8.34. The van der Waals surface area contributed by atoms with Gasteiger partial charge in [-0.15, -0.1) is 0 Å². The average Bonchev–Trinajstić information content (AvgIpc) is 2.65. The maximum absolute atomic E-state index is 12.7. The van der Waals surface area contributed by atoms with Crippen LogP contribution in [-0.2, 0) is 27.3 Å². The number of anilines is 1. The molecule has 1 heterocycles. The van der Waals surface area contributed by atoms with Gasteiger partial charge in [0.05, 0.1) is 24.1 Å². The van der Waals surface area contributed by atoms with Crippen LogP contribution in [-0.4, -0.2) is 28.3 Å². The summed E-state index contributed by atoms with van der Waals surface area (Å²) in [6.07, 6.45) is -0.0927. The Hall–Kier alpha value is -3.19. The van der Waals surface area contributed by atoms with E-state index in [9.17, 15) is 14.4 Å². The van der Waals surface area contributed by atoms with Crippen molar-refractivity contribution in [3.63, 3.8) is 0 Å². The van der Waals surface area contributed by atoms with E-state index in [1.807, 2.05) is 0 Å². The predicted molar refractivity (Wildman–Crippen MR) is 106 cm³/mol. The third-order valence-electron chi connectivity index (χ3n) is 3.96. The number of ether oxygens (including phenoxy) is 1. The molecule has 8 heteroatoms. The highest BCUT2D eigenvalue weighted by molar-refractivity contribution is 6.30. The van der Waals surface area contributed by atoms with Gasteiger partial charge in [-0.1, -0.05) is 35.9 Å². The first kappa shape index (κ1) is 19.6. The molecule has 0 aliphatic carbocycles. The summed E-state index contributed by atoms with van der Waals surface area (Å²) >= 11 is 5.91. The fourth-order valence-electron chi connectivity index (χ4n) is 2.79. The van der Waals surface area contributed by atoms with Crippen molar-refractivity contribution in [2.45, 2.75) is 19.9 Å². The molecule has 7 nitrogen and oxygen atoms in total. The van der Waals surface area contributed by atoms with Crippen LogP contribution in [0.1, 0.15) is 12.6 Å². The predicted octanol–water partition coefficient (Wildman–Crippen LogP) is 2.79. The number of hydrogen-bond donors (Lipinski definition) is 1. The lowest BCUT2D eigenvalue weighted by molar-refractivity contribution is -0.142. The lowest BCUT2D eigenvalue weighted by Crippen LogP contribution is -2.31. The largest absolute Gasteiger partial charge is 0.466 e. The second-order valence-electron chi connectivity index (χ2n) is 6.00. The Morgan fingerprint density at radius 1 is 1.14 bits per heavy atom. The summed E-state index contributed by atoms with van der Waals surface area (Å²) in [4.78, 5) is 37.0. The molecule has 0 unspecified atom stereocenters. The first-order chi connectivity index (χ1) is 13.5. The average molecular weight is 400 g/mol.